The average molecular weight is 329 g/mol. The maximum absolute atomic E-state index is 12.1. The van der Waals surface area contributed by atoms with Crippen LogP contribution in [0.4, 0.5) is 0 Å². The number of carbonyl (C=O) groups is 1. The summed E-state index contributed by atoms with van der Waals surface area (Å²) in [6.07, 6.45) is 0.211. The molecule has 0 spiro atoms. The molecule has 0 saturated heterocycles. The molecule has 6 heteroatoms. The number of nitrogens with one attached hydrogen (secondary N) is 1. The molecular formula is C15H21ClN2O2S. The molecule has 3 N–H and O–H groups in total. The molecule has 0 saturated carbocycles. The smallest absolute Gasteiger partial charge is 0.261 e. The van der Waals surface area contributed by atoms with Gasteiger partial charge in [-0.15, -0.1) is 0 Å². The van der Waals surface area contributed by atoms with Crippen molar-refractivity contribution < 1.29 is 9.53 Å². The summed E-state index contributed by atoms with van der Waals surface area (Å²) in [5, 5.41) is 3.34. The van der Waals surface area contributed by atoms with Gasteiger partial charge in [0.15, 0.2) is 6.10 Å². The predicted octanol–water partition coefficient (Wildman–Crippen LogP) is 3.05. The monoisotopic (exact) mass is 328 g/mol. The molecule has 0 aliphatic rings. The molecular weight excluding hydrogens is 308 g/mol. The van der Waals surface area contributed by atoms with Crippen LogP contribution in [0.3, 0.4) is 0 Å². The normalized spacial score (nSPS) is 12.6. The Morgan fingerprint density at radius 3 is 2.62 bits per heavy atom. The van der Waals surface area contributed by atoms with E-state index in [9.17, 15) is 4.79 Å². The van der Waals surface area contributed by atoms with Crippen LogP contribution in [-0.4, -0.2) is 22.5 Å². The summed E-state index contributed by atoms with van der Waals surface area (Å²) in [5.41, 5.74) is 5.87. The summed E-state index contributed by atoms with van der Waals surface area (Å²) in [6.45, 7) is 7.63. The molecule has 0 aliphatic heterocycles. The van der Waals surface area contributed by atoms with Gasteiger partial charge in [0, 0.05) is 11.1 Å². The Morgan fingerprint density at radius 2 is 2.14 bits per heavy atom. The molecule has 1 amide bonds. The molecule has 0 aliphatic carbocycles. The summed E-state index contributed by atoms with van der Waals surface area (Å²) >= 11 is 11.0. The van der Waals surface area contributed by atoms with Crippen molar-refractivity contribution in [3.63, 3.8) is 0 Å². The van der Waals surface area contributed by atoms with Crippen LogP contribution in [-0.2, 0) is 4.79 Å². The van der Waals surface area contributed by atoms with Crippen molar-refractivity contribution in [2.75, 3.05) is 0 Å². The van der Waals surface area contributed by atoms with Crippen LogP contribution in [0.5, 0.6) is 5.75 Å². The lowest BCUT2D eigenvalue weighted by molar-refractivity contribution is -0.128. The van der Waals surface area contributed by atoms with E-state index in [1.54, 1.807) is 25.1 Å². The number of carbonyl (C=O) groups excluding carboxylic acids is 1. The second-order valence-electron chi connectivity index (χ2n) is 5.49. The molecule has 0 radical (unpaired) electrons. The minimum atomic E-state index is -0.623. The second kappa shape index (κ2) is 7.09. The standard InChI is InChI=1S/C15H21ClN2O2S/c1-5-15(3,4)18-14(19)9(2)20-10-6-7-11(13(17)21)12(16)8-10/h6-9H,5H2,1-4H3,(H2,17,21)(H,18,19). The molecule has 0 aromatic heterocycles. The predicted molar refractivity (Wildman–Crippen MR) is 89.9 cm³/mol. The molecule has 4 nitrogen and oxygen atoms in total. The molecule has 21 heavy (non-hydrogen) atoms. The first-order valence-electron chi connectivity index (χ1n) is 6.74. The maximum Gasteiger partial charge on any atom is 0.261 e. The summed E-state index contributed by atoms with van der Waals surface area (Å²) in [5.74, 6) is 0.327. The molecule has 0 bridgehead atoms. The van der Waals surface area contributed by atoms with Crippen molar-refractivity contribution >= 4 is 34.7 Å². The first-order valence-corrected chi connectivity index (χ1v) is 7.53. The molecule has 1 unspecified atom stereocenters. The van der Waals surface area contributed by atoms with Gasteiger partial charge in [-0.3, -0.25) is 4.79 Å². The SMILES string of the molecule is CCC(C)(C)NC(=O)C(C)Oc1ccc(C(N)=S)c(Cl)c1. The van der Waals surface area contributed by atoms with E-state index in [2.05, 4.69) is 5.32 Å². The number of amides is 1. The van der Waals surface area contributed by atoms with Gasteiger partial charge in [0.1, 0.15) is 10.7 Å². The van der Waals surface area contributed by atoms with Gasteiger partial charge < -0.3 is 15.8 Å². The average Bonchev–Trinajstić information content (AvgIpc) is 2.37. The highest BCUT2D eigenvalue weighted by Gasteiger charge is 2.23. The quantitative estimate of drug-likeness (QED) is 0.788. The van der Waals surface area contributed by atoms with Crippen LogP contribution in [0.15, 0.2) is 18.2 Å². The van der Waals surface area contributed by atoms with Crippen LogP contribution in [0.1, 0.15) is 39.7 Å². The molecule has 0 heterocycles. The van der Waals surface area contributed by atoms with E-state index >= 15 is 0 Å². The third-order valence-corrected chi connectivity index (χ3v) is 3.77. The van der Waals surface area contributed by atoms with Crippen molar-refractivity contribution in [1.29, 1.82) is 0 Å². The molecule has 1 atom stereocenters. The van der Waals surface area contributed by atoms with E-state index in [1.165, 1.54) is 0 Å². The van der Waals surface area contributed by atoms with Crippen LogP contribution >= 0.6 is 23.8 Å². The van der Waals surface area contributed by atoms with Crippen LogP contribution < -0.4 is 15.8 Å². The van der Waals surface area contributed by atoms with Crippen LogP contribution in [0.25, 0.3) is 0 Å². The number of thiocarbonyl (C=S) groups is 1. The molecule has 1 aromatic rings. The summed E-state index contributed by atoms with van der Waals surface area (Å²) in [7, 11) is 0. The van der Waals surface area contributed by atoms with Gasteiger partial charge in [0.25, 0.3) is 5.91 Å². The molecule has 0 fully saturated rings. The van der Waals surface area contributed by atoms with Gasteiger partial charge >= 0.3 is 0 Å². The highest BCUT2D eigenvalue weighted by Crippen LogP contribution is 2.23. The minimum Gasteiger partial charge on any atom is -0.481 e. The number of nitrogens with two attached hydrogens (primary N) is 1. The Labute approximate surface area is 136 Å². The fourth-order valence-electron chi connectivity index (χ4n) is 1.55. The van der Waals surface area contributed by atoms with Crippen molar-refractivity contribution in [2.24, 2.45) is 5.73 Å². The van der Waals surface area contributed by atoms with E-state index in [4.69, 9.17) is 34.3 Å². The summed E-state index contributed by atoms with van der Waals surface area (Å²) in [4.78, 5) is 12.3. The lowest BCUT2D eigenvalue weighted by Crippen LogP contribution is -2.48. The first kappa shape index (κ1) is 17.7. The van der Waals surface area contributed by atoms with Crippen molar-refractivity contribution in [3.8, 4) is 5.75 Å². The Morgan fingerprint density at radius 1 is 1.52 bits per heavy atom. The third-order valence-electron chi connectivity index (χ3n) is 3.23. The zero-order valence-electron chi connectivity index (χ0n) is 12.7. The van der Waals surface area contributed by atoms with Gasteiger partial charge in [0.05, 0.1) is 5.02 Å². The number of hydrogen-bond acceptors (Lipinski definition) is 3. The largest absolute Gasteiger partial charge is 0.481 e. The number of rotatable bonds is 6. The Hall–Kier alpha value is -1.33. The van der Waals surface area contributed by atoms with Gasteiger partial charge in [0.2, 0.25) is 0 Å². The zero-order chi connectivity index (χ0) is 16.2. The maximum atomic E-state index is 12.1. The lowest BCUT2D eigenvalue weighted by atomic mass is 10.0. The van der Waals surface area contributed by atoms with Crippen LogP contribution in [0, 0.1) is 0 Å². The Bertz CT molecular complexity index is 546. The van der Waals surface area contributed by atoms with E-state index in [1.807, 2.05) is 20.8 Å². The third kappa shape index (κ3) is 5.17. The second-order valence-corrected chi connectivity index (χ2v) is 6.34. The van der Waals surface area contributed by atoms with Gasteiger partial charge in [-0.2, -0.15) is 0 Å². The van der Waals surface area contributed by atoms with Crippen molar-refractivity contribution in [1.82, 2.24) is 5.32 Å². The molecule has 116 valence electrons. The van der Waals surface area contributed by atoms with Crippen molar-refractivity contribution in [3.05, 3.63) is 28.8 Å². The van der Waals surface area contributed by atoms with E-state index < -0.39 is 6.10 Å². The van der Waals surface area contributed by atoms with E-state index in [0.717, 1.165) is 6.42 Å². The van der Waals surface area contributed by atoms with Gasteiger partial charge in [-0.25, -0.2) is 0 Å². The summed E-state index contributed by atoms with van der Waals surface area (Å²) < 4.78 is 5.60. The fourth-order valence-corrected chi connectivity index (χ4v) is 2.06. The number of hydrogen-bond donors (Lipinski definition) is 2. The lowest BCUT2D eigenvalue weighted by Gasteiger charge is -2.26. The number of benzene rings is 1. The highest BCUT2D eigenvalue weighted by molar-refractivity contribution is 7.80. The van der Waals surface area contributed by atoms with Crippen LogP contribution in [0.2, 0.25) is 5.02 Å². The Kier molecular flexibility index (Phi) is 5.98. The highest BCUT2D eigenvalue weighted by atomic mass is 35.5. The Balaban J connectivity index is 2.75. The van der Waals surface area contributed by atoms with E-state index in [-0.39, 0.29) is 16.4 Å². The van der Waals surface area contributed by atoms with Gasteiger partial charge in [-0.1, -0.05) is 30.7 Å². The molecule has 1 rings (SSSR count). The number of halogens is 1. The topological polar surface area (TPSA) is 64.3 Å². The zero-order valence-corrected chi connectivity index (χ0v) is 14.3. The molecule has 1 aromatic carbocycles. The minimum absolute atomic E-state index is 0.170. The number of ether oxygens (including phenoxy) is 1. The van der Waals surface area contributed by atoms with E-state index in [0.29, 0.717) is 16.3 Å². The van der Waals surface area contributed by atoms with Crippen molar-refractivity contribution in [2.45, 2.75) is 45.8 Å². The fraction of sp³-hybridized carbons (Fsp3) is 0.467. The van der Waals surface area contributed by atoms with Gasteiger partial charge in [-0.05, 0) is 45.4 Å². The first-order chi connectivity index (χ1) is 9.66. The summed E-state index contributed by atoms with van der Waals surface area (Å²) in [6, 6.07) is 4.97.